The first-order valence-electron chi connectivity index (χ1n) is 3.70. The van der Waals surface area contributed by atoms with Crippen LogP contribution in [0.1, 0.15) is 5.56 Å². The smallest absolute Gasteiger partial charge is 0.307 e. The van der Waals surface area contributed by atoms with E-state index in [0.29, 0.717) is 16.2 Å². The van der Waals surface area contributed by atoms with Crippen LogP contribution in [-0.4, -0.2) is 18.2 Å². The molecule has 0 aliphatic carbocycles. The Morgan fingerprint density at radius 2 is 2.23 bits per heavy atom. The highest BCUT2D eigenvalue weighted by Gasteiger charge is 2.03. The monoisotopic (exact) mass is 198 g/mol. The molecule has 0 unspecified atom stereocenters. The van der Waals surface area contributed by atoms with Gasteiger partial charge in [-0.05, 0) is 23.8 Å². The van der Waals surface area contributed by atoms with E-state index in [9.17, 15) is 4.79 Å². The van der Waals surface area contributed by atoms with Gasteiger partial charge in [-0.1, -0.05) is 0 Å². The third-order valence-electron chi connectivity index (χ3n) is 1.54. The van der Waals surface area contributed by atoms with Gasteiger partial charge in [-0.25, -0.2) is 0 Å². The standard InChI is InChI=1S/C9H10O3S/c1-12-7-2-6(4-9(10)11)3-8(13)5-7/h2-3,5,13H,4H2,1H3,(H,10,11). The van der Waals surface area contributed by atoms with Gasteiger partial charge < -0.3 is 9.84 Å². The Morgan fingerprint density at radius 1 is 1.54 bits per heavy atom. The third-order valence-corrected chi connectivity index (χ3v) is 1.80. The Hall–Kier alpha value is -1.16. The highest BCUT2D eigenvalue weighted by molar-refractivity contribution is 7.80. The fourth-order valence-corrected chi connectivity index (χ4v) is 1.33. The average Bonchev–Trinajstić information content (AvgIpc) is 2.01. The van der Waals surface area contributed by atoms with Gasteiger partial charge in [0, 0.05) is 4.90 Å². The second-order valence-electron chi connectivity index (χ2n) is 2.61. The van der Waals surface area contributed by atoms with Crippen LogP contribution in [-0.2, 0) is 11.2 Å². The fourth-order valence-electron chi connectivity index (χ4n) is 1.04. The minimum Gasteiger partial charge on any atom is -0.497 e. The summed E-state index contributed by atoms with van der Waals surface area (Å²) in [6, 6.07) is 5.13. The lowest BCUT2D eigenvalue weighted by Gasteiger charge is -2.03. The Morgan fingerprint density at radius 3 is 2.77 bits per heavy atom. The van der Waals surface area contributed by atoms with E-state index in [-0.39, 0.29) is 6.42 Å². The van der Waals surface area contributed by atoms with Crippen molar-refractivity contribution in [3.63, 3.8) is 0 Å². The lowest BCUT2D eigenvalue weighted by Crippen LogP contribution is -2.00. The average molecular weight is 198 g/mol. The first-order valence-corrected chi connectivity index (χ1v) is 4.15. The topological polar surface area (TPSA) is 46.5 Å². The molecule has 1 aromatic carbocycles. The van der Waals surface area contributed by atoms with E-state index in [4.69, 9.17) is 9.84 Å². The van der Waals surface area contributed by atoms with Gasteiger partial charge in [0.25, 0.3) is 0 Å². The normalized spacial score (nSPS) is 9.69. The van der Waals surface area contributed by atoms with E-state index in [1.54, 1.807) is 18.2 Å². The number of hydrogen-bond acceptors (Lipinski definition) is 3. The molecule has 1 rings (SSSR count). The molecule has 70 valence electrons. The molecule has 3 nitrogen and oxygen atoms in total. The predicted molar refractivity (Wildman–Crippen MR) is 51.6 cm³/mol. The van der Waals surface area contributed by atoms with E-state index < -0.39 is 5.97 Å². The molecule has 1 N–H and O–H groups in total. The molecule has 0 fully saturated rings. The van der Waals surface area contributed by atoms with Crippen molar-refractivity contribution in [1.82, 2.24) is 0 Å². The number of carbonyl (C=O) groups is 1. The van der Waals surface area contributed by atoms with Crippen molar-refractivity contribution in [3.05, 3.63) is 23.8 Å². The summed E-state index contributed by atoms with van der Waals surface area (Å²) in [5.41, 5.74) is 0.692. The maximum Gasteiger partial charge on any atom is 0.307 e. The molecule has 0 heterocycles. The van der Waals surface area contributed by atoms with E-state index in [2.05, 4.69) is 12.6 Å². The number of carboxylic acids is 1. The number of rotatable bonds is 3. The van der Waals surface area contributed by atoms with Crippen LogP contribution in [0.5, 0.6) is 5.75 Å². The predicted octanol–water partition coefficient (Wildman–Crippen LogP) is 1.61. The zero-order chi connectivity index (χ0) is 9.84. The summed E-state index contributed by atoms with van der Waals surface area (Å²) in [7, 11) is 1.53. The van der Waals surface area contributed by atoms with Gasteiger partial charge >= 0.3 is 5.97 Å². The molecular formula is C9H10O3S. The molecule has 0 spiro atoms. The molecule has 0 atom stereocenters. The third kappa shape index (κ3) is 2.99. The summed E-state index contributed by atoms with van der Waals surface area (Å²) in [5, 5.41) is 8.56. The summed E-state index contributed by atoms with van der Waals surface area (Å²) in [5.74, 6) is -0.232. The van der Waals surface area contributed by atoms with Crippen LogP contribution in [0.15, 0.2) is 23.1 Å². The largest absolute Gasteiger partial charge is 0.497 e. The van der Waals surface area contributed by atoms with Gasteiger partial charge in [-0.3, -0.25) is 4.79 Å². The highest BCUT2D eigenvalue weighted by atomic mass is 32.1. The summed E-state index contributed by atoms with van der Waals surface area (Å²) < 4.78 is 4.98. The van der Waals surface area contributed by atoms with Crippen molar-refractivity contribution in [3.8, 4) is 5.75 Å². The highest BCUT2D eigenvalue weighted by Crippen LogP contribution is 2.19. The van der Waals surface area contributed by atoms with Crippen molar-refractivity contribution in [2.45, 2.75) is 11.3 Å². The number of aliphatic carboxylic acids is 1. The molecule has 0 bridgehead atoms. The summed E-state index contributed by atoms with van der Waals surface area (Å²) in [6.07, 6.45) is -0.00917. The maximum atomic E-state index is 10.4. The first kappa shape index (κ1) is 9.92. The first-order chi connectivity index (χ1) is 6.11. The van der Waals surface area contributed by atoms with Crippen molar-refractivity contribution in [2.75, 3.05) is 7.11 Å². The number of ether oxygens (including phenoxy) is 1. The second kappa shape index (κ2) is 4.18. The Bertz CT molecular complexity index is 323. The quantitative estimate of drug-likeness (QED) is 0.725. The van der Waals surface area contributed by atoms with Crippen LogP contribution in [0.3, 0.4) is 0 Å². The molecule has 4 heteroatoms. The fraction of sp³-hybridized carbons (Fsp3) is 0.222. The molecule has 13 heavy (non-hydrogen) atoms. The SMILES string of the molecule is COc1cc(S)cc(CC(=O)O)c1. The molecule has 0 amide bonds. The zero-order valence-corrected chi connectivity index (χ0v) is 8.04. The van der Waals surface area contributed by atoms with Crippen LogP contribution in [0.2, 0.25) is 0 Å². The Balaban J connectivity index is 2.94. The van der Waals surface area contributed by atoms with Crippen LogP contribution in [0.4, 0.5) is 0 Å². The van der Waals surface area contributed by atoms with Gasteiger partial charge in [0.15, 0.2) is 0 Å². The van der Waals surface area contributed by atoms with Crippen LogP contribution < -0.4 is 4.74 Å². The van der Waals surface area contributed by atoms with Crippen LogP contribution >= 0.6 is 12.6 Å². The Kier molecular flexibility index (Phi) is 3.19. The summed E-state index contributed by atoms with van der Waals surface area (Å²) in [4.78, 5) is 11.1. The summed E-state index contributed by atoms with van der Waals surface area (Å²) >= 11 is 4.13. The van der Waals surface area contributed by atoms with Crippen LogP contribution in [0, 0.1) is 0 Å². The van der Waals surface area contributed by atoms with Gasteiger partial charge in [0.1, 0.15) is 5.75 Å². The number of thiol groups is 1. The van der Waals surface area contributed by atoms with Gasteiger partial charge in [-0.2, -0.15) is 0 Å². The van der Waals surface area contributed by atoms with E-state index in [1.165, 1.54) is 7.11 Å². The van der Waals surface area contributed by atoms with Crippen molar-refractivity contribution in [2.24, 2.45) is 0 Å². The number of methoxy groups -OCH3 is 1. The molecule has 0 aromatic heterocycles. The van der Waals surface area contributed by atoms with Gasteiger partial charge in [-0.15, -0.1) is 12.6 Å². The minimum absolute atomic E-state index is 0.00917. The molecule has 0 aliphatic heterocycles. The number of carboxylic acid groups (broad SMARTS) is 1. The molecule has 0 aliphatic rings. The lowest BCUT2D eigenvalue weighted by atomic mass is 10.1. The minimum atomic E-state index is -0.860. The van der Waals surface area contributed by atoms with Crippen LogP contribution in [0.25, 0.3) is 0 Å². The number of hydrogen-bond donors (Lipinski definition) is 2. The van der Waals surface area contributed by atoms with E-state index in [0.717, 1.165) is 0 Å². The van der Waals surface area contributed by atoms with Crippen molar-refractivity contribution in [1.29, 1.82) is 0 Å². The van der Waals surface area contributed by atoms with Gasteiger partial charge in [0.2, 0.25) is 0 Å². The maximum absolute atomic E-state index is 10.4. The van der Waals surface area contributed by atoms with Crippen molar-refractivity contribution < 1.29 is 14.6 Å². The molecule has 0 saturated carbocycles. The van der Waals surface area contributed by atoms with E-state index >= 15 is 0 Å². The molecule has 1 aromatic rings. The number of benzene rings is 1. The Labute approximate surface area is 81.8 Å². The van der Waals surface area contributed by atoms with E-state index in [1.807, 2.05) is 0 Å². The van der Waals surface area contributed by atoms with Crippen molar-refractivity contribution >= 4 is 18.6 Å². The van der Waals surface area contributed by atoms with Gasteiger partial charge in [0.05, 0.1) is 13.5 Å². The second-order valence-corrected chi connectivity index (χ2v) is 3.13. The molecular weight excluding hydrogens is 188 g/mol. The lowest BCUT2D eigenvalue weighted by molar-refractivity contribution is -0.136. The summed E-state index contributed by atoms with van der Waals surface area (Å²) in [6.45, 7) is 0. The zero-order valence-electron chi connectivity index (χ0n) is 7.15. The molecule has 0 saturated heterocycles. The molecule has 0 radical (unpaired) electrons.